The van der Waals surface area contributed by atoms with Crippen molar-refractivity contribution >= 4 is 27.5 Å². The van der Waals surface area contributed by atoms with Gasteiger partial charge < -0.3 is 5.32 Å². The summed E-state index contributed by atoms with van der Waals surface area (Å²) in [6.07, 6.45) is 0.581. The van der Waals surface area contributed by atoms with Crippen LogP contribution in [0, 0.1) is 0 Å². The highest BCUT2D eigenvalue weighted by Gasteiger charge is 2.30. The summed E-state index contributed by atoms with van der Waals surface area (Å²) in [5, 5.41) is 3.54. The van der Waals surface area contributed by atoms with E-state index in [1.807, 2.05) is 24.3 Å². The van der Waals surface area contributed by atoms with Crippen LogP contribution in [0.5, 0.6) is 0 Å². The molecule has 0 spiro atoms. The minimum absolute atomic E-state index is 0.0529. The Labute approximate surface area is 155 Å². The number of sulfonamides is 1. The summed E-state index contributed by atoms with van der Waals surface area (Å²) >= 11 is 6.34. The average molecular weight is 388 g/mol. The van der Waals surface area contributed by atoms with Crippen LogP contribution in [0.25, 0.3) is 0 Å². The standard InChI is InChI=1S/C17H26ClN3O3S/c1-3-20(4-2)16(14-8-5-6-9-15(14)18)12-19-17(22)13-21-10-7-11-25(21,23)24/h5-6,8-9,16H,3-4,7,10-13H2,1-2H3,(H,19,22). The minimum Gasteiger partial charge on any atom is -0.353 e. The summed E-state index contributed by atoms with van der Waals surface area (Å²) < 4.78 is 24.9. The van der Waals surface area contributed by atoms with E-state index in [2.05, 4.69) is 24.1 Å². The van der Waals surface area contributed by atoms with E-state index in [4.69, 9.17) is 11.6 Å². The fraction of sp³-hybridized carbons (Fsp3) is 0.588. The Bertz CT molecular complexity index is 692. The average Bonchev–Trinajstić information content (AvgIpc) is 2.91. The lowest BCUT2D eigenvalue weighted by Gasteiger charge is -2.31. The Morgan fingerprint density at radius 3 is 2.56 bits per heavy atom. The van der Waals surface area contributed by atoms with E-state index in [0.717, 1.165) is 18.7 Å². The number of likely N-dealkylation sites (N-methyl/N-ethyl adjacent to an activating group) is 1. The zero-order valence-electron chi connectivity index (χ0n) is 14.7. The molecular formula is C17H26ClN3O3S. The first-order valence-electron chi connectivity index (χ1n) is 8.62. The highest BCUT2D eigenvalue weighted by Crippen LogP contribution is 2.27. The monoisotopic (exact) mass is 387 g/mol. The molecule has 1 aromatic carbocycles. The Kier molecular flexibility index (Phi) is 7.25. The molecule has 1 aliphatic rings. The largest absolute Gasteiger partial charge is 0.353 e. The summed E-state index contributed by atoms with van der Waals surface area (Å²) in [6, 6.07) is 7.55. The lowest BCUT2D eigenvalue weighted by atomic mass is 10.0. The second-order valence-electron chi connectivity index (χ2n) is 6.07. The molecule has 2 rings (SSSR count). The van der Waals surface area contributed by atoms with Gasteiger partial charge >= 0.3 is 0 Å². The van der Waals surface area contributed by atoms with E-state index in [1.54, 1.807) is 0 Å². The van der Waals surface area contributed by atoms with Crippen molar-refractivity contribution in [3.05, 3.63) is 34.9 Å². The number of rotatable bonds is 8. The molecule has 1 atom stereocenters. The lowest BCUT2D eigenvalue weighted by Crippen LogP contribution is -2.42. The second kappa shape index (κ2) is 8.98. The zero-order valence-corrected chi connectivity index (χ0v) is 16.3. The van der Waals surface area contributed by atoms with Gasteiger partial charge in [0.2, 0.25) is 15.9 Å². The number of benzene rings is 1. The normalized spacial score (nSPS) is 18.4. The number of hydrogen-bond donors (Lipinski definition) is 1. The van der Waals surface area contributed by atoms with E-state index in [1.165, 1.54) is 4.31 Å². The number of nitrogens with zero attached hydrogens (tertiary/aromatic N) is 2. The van der Waals surface area contributed by atoms with Crippen molar-refractivity contribution in [2.45, 2.75) is 26.3 Å². The molecule has 6 nitrogen and oxygen atoms in total. The predicted octanol–water partition coefficient (Wildman–Crippen LogP) is 1.87. The number of carbonyl (C=O) groups excluding carboxylic acids is 1. The maximum Gasteiger partial charge on any atom is 0.235 e. The van der Waals surface area contributed by atoms with Crippen molar-refractivity contribution in [1.29, 1.82) is 0 Å². The number of hydrogen-bond acceptors (Lipinski definition) is 4. The number of nitrogens with one attached hydrogen (secondary N) is 1. The van der Waals surface area contributed by atoms with Crippen LogP contribution >= 0.6 is 11.6 Å². The fourth-order valence-electron chi connectivity index (χ4n) is 3.14. The van der Waals surface area contributed by atoms with Crippen LogP contribution in [0.15, 0.2) is 24.3 Å². The summed E-state index contributed by atoms with van der Waals surface area (Å²) in [4.78, 5) is 14.5. The molecule has 1 amide bonds. The van der Waals surface area contributed by atoms with Crippen molar-refractivity contribution in [3.63, 3.8) is 0 Å². The molecule has 8 heteroatoms. The molecule has 1 unspecified atom stereocenters. The van der Waals surface area contributed by atoms with Gasteiger partial charge in [0.05, 0.1) is 18.3 Å². The molecule has 0 bridgehead atoms. The summed E-state index contributed by atoms with van der Waals surface area (Å²) in [6.45, 7) is 6.46. The Morgan fingerprint density at radius 1 is 1.32 bits per heavy atom. The number of amides is 1. The highest BCUT2D eigenvalue weighted by molar-refractivity contribution is 7.89. The van der Waals surface area contributed by atoms with Crippen LogP contribution in [0.3, 0.4) is 0 Å². The molecule has 1 heterocycles. The molecule has 140 valence electrons. The third-order valence-corrected chi connectivity index (χ3v) is 6.78. The van der Waals surface area contributed by atoms with Crippen molar-refractivity contribution < 1.29 is 13.2 Å². The van der Waals surface area contributed by atoms with Gasteiger partial charge in [-0.25, -0.2) is 8.42 Å². The van der Waals surface area contributed by atoms with E-state index < -0.39 is 10.0 Å². The Balaban J connectivity index is 2.05. The first kappa shape index (κ1) is 20.2. The first-order valence-corrected chi connectivity index (χ1v) is 10.6. The summed E-state index contributed by atoms with van der Waals surface area (Å²) in [5.41, 5.74) is 0.960. The van der Waals surface area contributed by atoms with E-state index in [-0.39, 0.29) is 24.2 Å². The van der Waals surface area contributed by atoms with Gasteiger partial charge in [-0.3, -0.25) is 9.69 Å². The van der Waals surface area contributed by atoms with E-state index >= 15 is 0 Å². The van der Waals surface area contributed by atoms with Crippen LogP contribution in [0.2, 0.25) is 5.02 Å². The molecule has 0 aromatic heterocycles. The molecular weight excluding hydrogens is 362 g/mol. The van der Waals surface area contributed by atoms with Crippen LogP contribution in [0.4, 0.5) is 0 Å². The fourth-order valence-corrected chi connectivity index (χ4v) is 4.88. The van der Waals surface area contributed by atoms with Crippen LogP contribution in [0.1, 0.15) is 31.9 Å². The van der Waals surface area contributed by atoms with Crippen LogP contribution in [-0.4, -0.2) is 62.0 Å². The van der Waals surface area contributed by atoms with Gasteiger partial charge in [0, 0.05) is 18.1 Å². The summed E-state index contributed by atoms with van der Waals surface area (Å²) in [5.74, 6) is -0.156. The summed E-state index contributed by atoms with van der Waals surface area (Å²) in [7, 11) is -3.26. The molecule has 0 saturated carbocycles. The van der Waals surface area contributed by atoms with E-state index in [9.17, 15) is 13.2 Å². The minimum atomic E-state index is -3.26. The smallest absolute Gasteiger partial charge is 0.235 e. The van der Waals surface area contributed by atoms with Crippen molar-refractivity contribution in [1.82, 2.24) is 14.5 Å². The van der Waals surface area contributed by atoms with Gasteiger partial charge in [-0.1, -0.05) is 43.6 Å². The van der Waals surface area contributed by atoms with Gasteiger partial charge in [-0.15, -0.1) is 0 Å². The number of carbonyl (C=O) groups is 1. The maximum atomic E-state index is 12.2. The van der Waals surface area contributed by atoms with Gasteiger partial charge in [0.15, 0.2) is 0 Å². The molecule has 1 N–H and O–H groups in total. The topological polar surface area (TPSA) is 69.7 Å². The van der Waals surface area contributed by atoms with Gasteiger partial charge in [-0.05, 0) is 31.1 Å². The van der Waals surface area contributed by atoms with Crippen molar-refractivity contribution in [2.75, 3.05) is 38.5 Å². The van der Waals surface area contributed by atoms with Gasteiger partial charge in [0.1, 0.15) is 0 Å². The SMILES string of the molecule is CCN(CC)C(CNC(=O)CN1CCCS1(=O)=O)c1ccccc1Cl. The molecule has 0 radical (unpaired) electrons. The van der Waals surface area contributed by atoms with Crippen molar-refractivity contribution in [2.24, 2.45) is 0 Å². The van der Waals surface area contributed by atoms with Crippen LogP contribution < -0.4 is 5.32 Å². The first-order chi connectivity index (χ1) is 11.9. The molecule has 1 saturated heterocycles. The van der Waals surface area contributed by atoms with Gasteiger partial charge in [-0.2, -0.15) is 4.31 Å². The van der Waals surface area contributed by atoms with Gasteiger partial charge in [0.25, 0.3) is 0 Å². The molecule has 25 heavy (non-hydrogen) atoms. The maximum absolute atomic E-state index is 12.2. The number of halogens is 1. The quantitative estimate of drug-likeness (QED) is 0.739. The zero-order chi connectivity index (χ0) is 18.4. The molecule has 0 aliphatic carbocycles. The predicted molar refractivity (Wildman–Crippen MR) is 100 cm³/mol. The third-order valence-electron chi connectivity index (χ3n) is 4.53. The highest BCUT2D eigenvalue weighted by atomic mass is 35.5. The Morgan fingerprint density at radius 2 is 2.00 bits per heavy atom. The molecule has 1 aliphatic heterocycles. The lowest BCUT2D eigenvalue weighted by molar-refractivity contribution is -0.121. The Hall–Kier alpha value is -1.15. The third kappa shape index (κ3) is 5.17. The molecule has 1 aromatic rings. The molecule has 1 fully saturated rings. The van der Waals surface area contributed by atoms with Crippen molar-refractivity contribution in [3.8, 4) is 0 Å². The van der Waals surface area contributed by atoms with Crippen LogP contribution in [-0.2, 0) is 14.8 Å². The van der Waals surface area contributed by atoms with E-state index in [0.29, 0.717) is 24.5 Å². The second-order valence-corrected chi connectivity index (χ2v) is 8.56.